The van der Waals surface area contributed by atoms with Crippen molar-refractivity contribution in [1.29, 1.82) is 0 Å². The van der Waals surface area contributed by atoms with Gasteiger partial charge in [0.1, 0.15) is 23.7 Å². The van der Waals surface area contributed by atoms with Crippen molar-refractivity contribution in [3.8, 4) is 5.75 Å². The van der Waals surface area contributed by atoms with E-state index in [9.17, 15) is 9.59 Å². The number of carbonyl (C=O) groups excluding carboxylic acids is 2. The number of rotatable bonds is 5. The first-order valence-electron chi connectivity index (χ1n) is 8.58. The number of ether oxygens (including phenoxy) is 1. The zero-order valence-corrected chi connectivity index (χ0v) is 15.1. The molecule has 0 radical (unpaired) electrons. The highest BCUT2D eigenvalue weighted by Gasteiger charge is 2.42. The van der Waals surface area contributed by atoms with Gasteiger partial charge in [-0.3, -0.25) is 19.6 Å². The molecule has 0 bridgehead atoms. The van der Waals surface area contributed by atoms with E-state index in [-0.39, 0.29) is 24.4 Å². The van der Waals surface area contributed by atoms with Gasteiger partial charge in [0.05, 0.1) is 19.3 Å². The summed E-state index contributed by atoms with van der Waals surface area (Å²) >= 11 is 0. The Kier molecular flexibility index (Phi) is 4.27. The van der Waals surface area contributed by atoms with Gasteiger partial charge in [-0.25, -0.2) is 4.79 Å². The Hall–Kier alpha value is -3.36. The Morgan fingerprint density at radius 3 is 2.85 bits per heavy atom. The van der Waals surface area contributed by atoms with E-state index in [0.29, 0.717) is 36.7 Å². The quantitative estimate of drug-likeness (QED) is 0.856. The molecule has 9 heteroatoms. The van der Waals surface area contributed by atoms with Crippen molar-refractivity contribution in [2.24, 2.45) is 4.99 Å². The SMILES string of the molecule is COc1ccc(CNC(=O)CN2C(=O)N3CCN=C3c3c(C)noc32)cc1. The number of carbonyl (C=O) groups is 2. The van der Waals surface area contributed by atoms with E-state index >= 15 is 0 Å². The molecule has 4 rings (SSSR count). The van der Waals surface area contributed by atoms with Crippen LogP contribution >= 0.6 is 0 Å². The predicted octanol–water partition coefficient (Wildman–Crippen LogP) is 1.31. The molecule has 0 atom stereocenters. The predicted molar refractivity (Wildman–Crippen MR) is 96.9 cm³/mol. The van der Waals surface area contributed by atoms with Crippen molar-refractivity contribution in [1.82, 2.24) is 15.4 Å². The summed E-state index contributed by atoms with van der Waals surface area (Å²) in [5.74, 6) is 1.30. The number of hydrogen-bond donors (Lipinski definition) is 1. The summed E-state index contributed by atoms with van der Waals surface area (Å²) in [5, 5.41) is 6.76. The number of nitrogens with one attached hydrogen (secondary N) is 1. The molecule has 0 unspecified atom stereocenters. The number of aliphatic imine (C=N–C) groups is 1. The van der Waals surface area contributed by atoms with Gasteiger partial charge in [0.15, 0.2) is 0 Å². The molecule has 1 aromatic heterocycles. The average Bonchev–Trinajstić information content (AvgIpc) is 3.30. The fraction of sp³-hybridized carbons (Fsp3) is 0.333. The molecular formula is C18H19N5O4. The minimum atomic E-state index is -0.325. The molecule has 0 saturated carbocycles. The van der Waals surface area contributed by atoms with Gasteiger partial charge in [-0.15, -0.1) is 0 Å². The molecule has 2 aliphatic heterocycles. The molecular weight excluding hydrogens is 350 g/mol. The van der Waals surface area contributed by atoms with Crippen molar-refractivity contribution < 1.29 is 18.8 Å². The van der Waals surface area contributed by atoms with Crippen molar-refractivity contribution in [2.45, 2.75) is 13.5 Å². The van der Waals surface area contributed by atoms with Crippen LogP contribution in [-0.4, -0.2) is 54.6 Å². The van der Waals surface area contributed by atoms with Gasteiger partial charge in [-0.05, 0) is 24.6 Å². The fourth-order valence-corrected chi connectivity index (χ4v) is 3.16. The largest absolute Gasteiger partial charge is 0.497 e. The lowest BCUT2D eigenvalue weighted by molar-refractivity contribution is -0.119. The Balaban J connectivity index is 1.46. The first-order valence-corrected chi connectivity index (χ1v) is 8.58. The van der Waals surface area contributed by atoms with Gasteiger partial charge in [-0.2, -0.15) is 0 Å². The van der Waals surface area contributed by atoms with Crippen LogP contribution in [0.15, 0.2) is 33.8 Å². The van der Waals surface area contributed by atoms with E-state index in [1.807, 2.05) is 24.3 Å². The standard InChI is InChI=1S/C18H19N5O4/c1-11-15-16-19-7-8-22(16)18(25)23(17(15)27-21-11)10-14(24)20-9-12-3-5-13(26-2)6-4-12/h3-6H,7-10H2,1-2H3,(H,20,24). The van der Waals surface area contributed by atoms with Crippen LogP contribution in [0.3, 0.4) is 0 Å². The number of nitrogens with zero attached hydrogens (tertiary/aromatic N) is 4. The molecule has 0 spiro atoms. The fourth-order valence-electron chi connectivity index (χ4n) is 3.16. The minimum absolute atomic E-state index is 0.152. The maximum Gasteiger partial charge on any atom is 0.333 e. The Labute approximate surface area is 155 Å². The highest BCUT2D eigenvalue weighted by atomic mass is 16.5. The van der Waals surface area contributed by atoms with E-state index in [1.165, 1.54) is 4.90 Å². The molecule has 1 aromatic carbocycles. The lowest BCUT2D eigenvalue weighted by atomic mass is 10.1. The molecule has 9 nitrogen and oxygen atoms in total. The third-order valence-corrected chi connectivity index (χ3v) is 4.57. The average molecular weight is 369 g/mol. The first-order chi connectivity index (χ1) is 13.1. The second-order valence-corrected chi connectivity index (χ2v) is 6.30. The van der Waals surface area contributed by atoms with E-state index in [4.69, 9.17) is 9.26 Å². The van der Waals surface area contributed by atoms with Gasteiger partial charge < -0.3 is 14.6 Å². The molecule has 2 aromatic rings. The van der Waals surface area contributed by atoms with Gasteiger partial charge in [0, 0.05) is 13.1 Å². The van der Waals surface area contributed by atoms with Gasteiger partial charge in [0.2, 0.25) is 11.8 Å². The normalized spacial score (nSPS) is 15.3. The van der Waals surface area contributed by atoms with Crippen molar-refractivity contribution in [3.05, 3.63) is 41.1 Å². The molecule has 140 valence electrons. The summed E-state index contributed by atoms with van der Waals surface area (Å²) in [4.78, 5) is 32.4. The summed E-state index contributed by atoms with van der Waals surface area (Å²) in [7, 11) is 1.60. The number of hydrogen-bond acceptors (Lipinski definition) is 6. The van der Waals surface area contributed by atoms with Crippen LogP contribution in [-0.2, 0) is 11.3 Å². The number of amidine groups is 1. The van der Waals surface area contributed by atoms with Crippen molar-refractivity contribution in [2.75, 3.05) is 31.6 Å². The van der Waals surface area contributed by atoms with Crippen LogP contribution in [0.1, 0.15) is 16.8 Å². The molecule has 3 heterocycles. The zero-order valence-electron chi connectivity index (χ0n) is 15.1. The summed E-state index contributed by atoms with van der Waals surface area (Å²) in [5.41, 5.74) is 2.25. The zero-order chi connectivity index (χ0) is 19.0. The number of anilines is 1. The van der Waals surface area contributed by atoms with Crippen LogP contribution in [0.2, 0.25) is 0 Å². The lowest BCUT2D eigenvalue weighted by Crippen LogP contribution is -2.52. The smallest absolute Gasteiger partial charge is 0.333 e. The highest BCUT2D eigenvalue weighted by Crippen LogP contribution is 2.32. The molecule has 2 aliphatic rings. The van der Waals surface area contributed by atoms with Crippen molar-refractivity contribution >= 4 is 23.7 Å². The van der Waals surface area contributed by atoms with Gasteiger partial charge >= 0.3 is 6.03 Å². The second-order valence-electron chi connectivity index (χ2n) is 6.30. The molecule has 0 fully saturated rings. The summed E-state index contributed by atoms with van der Waals surface area (Å²) in [6.07, 6.45) is 0. The maximum atomic E-state index is 12.7. The van der Waals surface area contributed by atoms with E-state index in [2.05, 4.69) is 15.5 Å². The topological polar surface area (TPSA) is 100 Å². The van der Waals surface area contributed by atoms with Crippen molar-refractivity contribution in [3.63, 3.8) is 0 Å². The maximum absolute atomic E-state index is 12.7. The molecule has 3 amide bonds. The van der Waals surface area contributed by atoms with Crippen LogP contribution in [0.25, 0.3) is 0 Å². The third kappa shape index (κ3) is 3.01. The first kappa shape index (κ1) is 17.1. The van der Waals surface area contributed by atoms with Crippen LogP contribution in [0.4, 0.5) is 10.7 Å². The van der Waals surface area contributed by atoms with Crippen LogP contribution in [0, 0.1) is 6.92 Å². The number of methoxy groups -OCH3 is 1. The molecule has 0 saturated heterocycles. The number of amides is 3. The molecule has 27 heavy (non-hydrogen) atoms. The minimum Gasteiger partial charge on any atom is -0.497 e. The number of fused-ring (bicyclic) bond motifs is 3. The van der Waals surface area contributed by atoms with Gasteiger partial charge in [0.25, 0.3) is 0 Å². The third-order valence-electron chi connectivity index (χ3n) is 4.57. The van der Waals surface area contributed by atoms with E-state index in [0.717, 1.165) is 11.3 Å². The summed E-state index contributed by atoms with van der Waals surface area (Å²) in [6, 6.07) is 7.07. The van der Waals surface area contributed by atoms with Crippen LogP contribution < -0.4 is 15.0 Å². The number of aromatic nitrogens is 1. The number of benzene rings is 1. The van der Waals surface area contributed by atoms with E-state index in [1.54, 1.807) is 18.9 Å². The van der Waals surface area contributed by atoms with Gasteiger partial charge in [-0.1, -0.05) is 17.3 Å². The lowest BCUT2D eigenvalue weighted by Gasteiger charge is -2.31. The molecule has 1 N–H and O–H groups in total. The number of urea groups is 1. The second kappa shape index (κ2) is 6.75. The number of aryl methyl sites for hydroxylation is 1. The summed E-state index contributed by atoms with van der Waals surface area (Å²) in [6.45, 7) is 3.01. The van der Waals surface area contributed by atoms with E-state index < -0.39 is 0 Å². The Morgan fingerprint density at radius 2 is 2.11 bits per heavy atom. The monoisotopic (exact) mass is 369 g/mol. The highest BCUT2D eigenvalue weighted by molar-refractivity contribution is 6.20. The summed E-state index contributed by atoms with van der Waals surface area (Å²) < 4.78 is 10.4. The van der Waals surface area contributed by atoms with Crippen LogP contribution in [0.5, 0.6) is 5.75 Å². The Bertz CT molecular complexity index is 918. The molecule has 0 aliphatic carbocycles. The Morgan fingerprint density at radius 1 is 1.33 bits per heavy atom.